The molecule has 0 unspecified atom stereocenters. The van der Waals surface area contributed by atoms with E-state index in [1.807, 2.05) is 12.1 Å². The van der Waals surface area contributed by atoms with Gasteiger partial charge >= 0.3 is 7.12 Å². The Balaban J connectivity index is 1.54. The average molecular weight is 443 g/mol. The number of aromatic nitrogens is 4. The van der Waals surface area contributed by atoms with Crippen LogP contribution in [0.25, 0.3) is 17.0 Å². The summed E-state index contributed by atoms with van der Waals surface area (Å²) in [5.74, 6) is 1.31. The van der Waals surface area contributed by atoms with Gasteiger partial charge in [-0.1, -0.05) is 30.3 Å². The Morgan fingerprint density at radius 2 is 2.06 bits per heavy atom. The van der Waals surface area contributed by atoms with Crippen LogP contribution in [0, 0.1) is 0 Å². The van der Waals surface area contributed by atoms with Crippen molar-refractivity contribution >= 4 is 35.6 Å². The van der Waals surface area contributed by atoms with E-state index < -0.39 is 13.0 Å². The van der Waals surface area contributed by atoms with Crippen molar-refractivity contribution in [3.05, 3.63) is 65.6 Å². The lowest BCUT2D eigenvalue weighted by Crippen LogP contribution is -2.30. The molecule has 0 aliphatic carbocycles. The molecule has 3 aromatic heterocycles. The van der Waals surface area contributed by atoms with Gasteiger partial charge in [0, 0.05) is 18.7 Å². The summed E-state index contributed by atoms with van der Waals surface area (Å²) in [4.78, 5) is 25.7. The zero-order chi connectivity index (χ0) is 22.9. The van der Waals surface area contributed by atoms with Crippen LogP contribution in [0.4, 0.5) is 11.6 Å². The van der Waals surface area contributed by atoms with E-state index in [1.54, 1.807) is 41.1 Å². The Hall–Kier alpha value is -3.96. The molecular weight excluding hydrogens is 421 g/mol. The quantitative estimate of drug-likeness (QED) is 0.271. The van der Waals surface area contributed by atoms with E-state index in [9.17, 15) is 14.8 Å². The van der Waals surface area contributed by atoms with Crippen molar-refractivity contribution < 1.29 is 14.8 Å². The maximum Gasteiger partial charge on any atom is 0.488 e. The molecule has 0 saturated heterocycles. The molecule has 33 heavy (non-hydrogen) atoms. The van der Waals surface area contributed by atoms with Crippen molar-refractivity contribution in [3.8, 4) is 11.5 Å². The first kappa shape index (κ1) is 20.9. The molecule has 1 aliphatic heterocycles. The van der Waals surface area contributed by atoms with Crippen LogP contribution in [-0.2, 0) is 13.0 Å². The molecule has 1 amide bonds. The molecule has 5 rings (SSSR count). The Kier molecular flexibility index (Phi) is 5.41. The number of benzene rings is 1. The summed E-state index contributed by atoms with van der Waals surface area (Å²) in [5.41, 5.74) is 9.35. The lowest BCUT2D eigenvalue weighted by atomic mass is 9.79. The van der Waals surface area contributed by atoms with Gasteiger partial charge in [0.2, 0.25) is 0 Å². The number of hydrogen-bond acceptors (Lipinski definition) is 8. The number of fused-ring (bicyclic) bond motifs is 2. The minimum Gasteiger partial charge on any atom is -0.423 e. The van der Waals surface area contributed by atoms with Gasteiger partial charge in [0.1, 0.15) is 29.4 Å². The maximum atomic E-state index is 11.8. The van der Waals surface area contributed by atoms with Gasteiger partial charge in [-0.3, -0.25) is 9.20 Å². The van der Waals surface area contributed by atoms with Gasteiger partial charge in [0.05, 0.1) is 5.52 Å². The average Bonchev–Trinajstić information content (AvgIpc) is 3.26. The molecule has 0 spiro atoms. The van der Waals surface area contributed by atoms with Crippen molar-refractivity contribution in [1.82, 2.24) is 19.4 Å². The Morgan fingerprint density at radius 3 is 2.88 bits per heavy atom. The molecule has 11 heteroatoms. The van der Waals surface area contributed by atoms with Crippen LogP contribution in [-0.4, -0.2) is 49.0 Å². The van der Waals surface area contributed by atoms with Gasteiger partial charge in [-0.15, -0.1) is 0 Å². The molecule has 0 bridgehead atoms. The Bertz CT molecular complexity index is 1360. The lowest BCUT2D eigenvalue weighted by Gasteiger charge is -2.21. The van der Waals surface area contributed by atoms with Gasteiger partial charge in [0.15, 0.2) is 5.82 Å². The van der Waals surface area contributed by atoms with E-state index in [0.717, 1.165) is 36.3 Å². The van der Waals surface area contributed by atoms with Gasteiger partial charge < -0.3 is 26.4 Å². The number of primary amides is 1. The fourth-order valence-electron chi connectivity index (χ4n) is 4.03. The van der Waals surface area contributed by atoms with Crippen LogP contribution in [0.15, 0.2) is 48.8 Å². The fraction of sp³-hybridized carbons (Fsp3) is 0.182. The second kappa shape index (κ2) is 8.53. The standard InChI is InChI=1S/C22H22BN7O3/c24-19(31)17-8-2-7-16-18(27-12-30(16)17)22-28-20-15(6-3-9-25-20)21(29-22)26-11-13-4-1-5-14(10-13)23(32)33/h1-2,4-5,7-8,10,12,32-33H,3,6,9,11H2,(H2,24,31)(H2,25,26,28,29). The molecule has 0 fully saturated rings. The van der Waals surface area contributed by atoms with E-state index in [2.05, 4.69) is 15.6 Å². The topological polar surface area (TPSA) is 151 Å². The number of rotatable bonds is 6. The summed E-state index contributed by atoms with van der Waals surface area (Å²) in [6.45, 7) is 1.26. The van der Waals surface area contributed by atoms with Gasteiger partial charge in [-0.25, -0.2) is 15.0 Å². The highest BCUT2D eigenvalue weighted by atomic mass is 16.4. The largest absolute Gasteiger partial charge is 0.488 e. The van der Waals surface area contributed by atoms with Crippen molar-refractivity contribution in [2.75, 3.05) is 17.2 Å². The highest BCUT2D eigenvalue weighted by Gasteiger charge is 2.21. The molecule has 4 aromatic rings. The molecule has 1 aliphatic rings. The normalized spacial score (nSPS) is 12.8. The number of nitrogens with zero attached hydrogens (tertiary/aromatic N) is 4. The van der Waals surface area contributed by atoms with Crippen LogP contribution in [0.1, 0.15) is 28.0 Å². The van der Waals surface area contributed by atoms with Crippen molar-refractivity contribution in [2.45, 2.75) is 19.4 Å². The summed E-state index contributed by atoms with van der Waals surface area (Å²) in [7, 11) is -1.52. The predicted molar refractivity (Wildman–Crippen MR) is 125 cm³/mol. The van der Waals surface area contributed by atoms with Crippen LogP contribution in [0.5, 0.6) is 0 Å². The minimum atomic E-state index is -1.52. The molecular formula is C22H22BN7O3. The second-order valence-electron chi connectivity index (χ2n) is 7.85. The second-order valence-corrected chi connectivity index (χ2v) is 7.85. The lowest BCUT2D eigenvalue weighted by molar-refractivity contribution is 0.0994. The summed E-state index contributed by atoms with van der Waals surface area (Å²) < 4.78 is 1.63. The number of imidazole rings is 1. The first-order valence-electron chi connectivity index (χ1n) is 10.6. The molecule has 1 aromatic carbocycles. The van der Waals surface area contributed by atoms with E-state index in [0.29, 0.717) is 40.6 Å². The zero-order valence-corrected chi connectivity index (χ0v) is 17.7. The number of pyridine rings is 1. The molecule has 0 atom stereocenters. The third-order valence-electron chi connectivity index (χ3n) is 5.65. The monoisotopic (exact) mass is 443 g/mol. The number of carbonyl (C=O) groups excluding carboxylic acids is 1. The molecule has 10 nitrogen and oxygen atoms in total. The highest BCUT2D eigenvalue weighted by Crippen LogP contribution is 2.31. The molecule has 6 N–H and O–H groups in total. The third-order valence-corrected chi connectivity index (χ3v) is 5.65. The SMILES string of the molecule is NC(=O)c1cccc2c(-c3nc4c(c(NCc5cccc(B(O)O)c5)n3)CCCN4)ncn12. The van der Waals surface area contributed by atoms with Gasteiger partial charge in [-0.05, 0) is 36.0 Å². The summed E-state index contributed by atoms with van der Waals surface area (Å²) >= 11 is 0. The fourth-order valence-corrected chi connectivity index (χ4v) is 4.03. The number of carbonyl (C=O) groups is 1. The van der Waals surface area contributed by atoms with E-state index in [1.165, 1.54) is 0 Å². The Morgan fingerprint density at radius 1 is 1.21 bits per heavy atom. The molecule has 166 valence electrons. The van der Waals surface area contributed by atoms with Crippen LogP contribution in [0.2, 0.25) is 0 Å². The smallest absolute Gasteiger partial charge is 0.423 e. The summed E-state index contributed by atoms with van der Waals surface area (Å²) in [5, 5.41) is 25.6. The van der Waals surface area contributed by atoms with Crippen molar-refractivity contribution in [1.29, 1.82) is 0 Å². The summed E-state index contributed by atoms with van der Waals surface area (Å²) in [6, 6.07) is 12.3. The van der Waals surface area contributed by atoms with Crippen LogP contribution < -0.4 is 21.8 Å². The predicted octanol–water partition coefficient (Wildman–Crippen LogP) is 0.540. The zero-order valence-electron chi connectivity index (χ0n) is 17.7. The van der Waals surface area contributed by atoms with Gasteiger partial charge in [0.25, 0.3) is 5.91 Å². The van der Waals surface area contributed by atoms with Crippen LogP contribution in [0.3, 0.4) is 0 Å². The molecule has 4 heterocycles. The van der Waals surface area contributed by atoms with E-state index >= 15 is 0 Å². The van der Waals surface area contributed by atoms with Crippen LogP contribution >= 0.6 is 0 Å². The van der Waals surface area contributed by atoms with Gasteiger partial charge in [-0.2, -0.15) is 0 Å². The number of hydrogen-bond donors (Lipinski definition) is 5. The summed E-state index contributed by atoms with van der Waals surface area (Å²) in [6.07, 6.45) is 3.34. The number of anilines is 2. The van der Waals surface area contributed by atoms with Crippen molar-refractivity contribution in [3.63, 3.8) is 0 Å². The van der Waals surface area contributed by atoms with E-state index in [-0.39, 0.29) is 0 Å². The first-order chi connectivity index (χ1) is 16.0. The molecule has 0 saturated carbocycles. The maximum absolute atomic E-state index is 11.8. The number of nitrogens with two attached hydrogens (primary N) is 1. The number of amides is 1. The highest BCUT2D eigenvalue weighted by molar-refractivity contribution is 6.58. The first-order valence-corrected chi connectivity index (χ1v) is 10.6. The van der Waals surface area contributed by atoms with E-state index in [4.69, 9.17) is 15.7 Å². The third kappa shape index (κ3) is 3.99. The minimum absolute atomic E-state index is 0.326. The molecule has 0 radical (unpaired) electrons. The van der Waals surface area contributed by atoms with Crippen molar-refractivity contribution in [2.24, 2.45) is 5.73 Å². The Labute approximate surface area is 189 Å². The number of nitrogens with one attached hydrogen (secondary N) is 2.